The van der Waals surface area contributed by atoms with E-state index >= 15 is 0 Å². The van der Waals surface area contributed by atoms with Crippen LogP contribution in [0.3, 0.4) is 0 Å². The number of Topliss-reactive ketones (excluding diaryl/α,β-unsaturated/α-hetero) is 1. The molecule has 0 amide bonds. The van der Waals surface area contributed by atoms with Crippen LogP contribution in [0.15, 0.2) is 17.5 Å². The van der Waals surface area contributed by atoms with Gasteiger partial charge in [-0.2, -0.15) is 0 Å². The summed E-state index contributed by atoms with van der Waals surface area (Å²) in [7, 11) is 0. The molecule has 1 aliphatic rings. The highest BCUT2D eigenvalue weighted by molar-refractivity contribution is 7.09. The van der Waals surface area contributed by atoms with Crippen molar-refractivity contribution in [1.82, 2.24) is 4.98 Å². The van der Waals surface area contributed by atoms with Crippen molar-refractivity contribution < 1.29 is 9.53 Å². The Bertz CT molecular complexity index is 651. The molecular weight excluding hydrogens is 282 g/mol. The van der Waals surface area contributed by atoms with Gasteiger partial charge in [0.15, 0.2) is 5.78 Å². The summed E-state index contributed by atoms with van der Waals surface area (Å²) in [6, 6.07) is 3.72. The fourth-order valence-electron chi connectivity index (χ4n) is 2.23. The number of benzene rings is 1. The SMILES string of the molecule is Cc1nc(C(=O)Cc2cc(Cl)cc3c2OCC3)cs1. The number of thiazole rings is 1. The number of halogens is 1. The summed E-state index contributed by atoms with van der Waals surface area (Å²) in [4.78, 5) is 16.4. The molecule has 1 aromatic heterocycles. The highest BCUT2D eigenvalue weighted by atomic mass is 35.5. The summed E-state index contributed by atoms with van der Waals surface area (Å²) < 4.78 is 5.60. The highest BCUT2D eigenvalue weighted by Gasteiger charge is 2.20. The fourth-order valence-corrected chi connectivity index (χ4v) is 3.11. The largest absolute Gasteiger partial charge is 0.493 e. The van der Waals surface area contributed by atoms with Crippen LogP contribution >= 0.6 is 22.9 Å². The summed E-state index contributed by atoms with van der Waals surface area (Å²) in [6.07, 6.45) is 1.14. The predicted octanol–water partition coefficient (Wildman–Crippen LogP) is 3.47. The minimum atomic E-state index is 0.00400. The van der Waals surface area contributed by atoms with Crippen LogP contribution in [0, 0.1) is 6.92 Å². The summed E-state index contributed by atoms with van der Waals surface area (Å²) in [5.41, 5.74) is 2.47. The maximum atomic E-state index is 12.2. The number of carbonyl (C=O) groups is 1. The molecule has 0 radical (unpaired) electrons. The molecule has 3 nitrogen and oxygen atoms in total. The fraction of sp³-hybridized carbons (Fsp3) is 0.286. The number of fused-ring (bicyclic) bond motifs is 1. The Morgan fingerprint density at radius 1 is 1.53 bits per heavy atom. The quantitative estimate of drug-likeness (QED) is 0.814. The molecule has 1 aliphatic heterocycles. The van der Waals surface area contributed by atoms with Crippen molar-refractivity contribution in [3.8, 4) is 5.75 Å². The molecule has 1 aromatic carbocycles. The molecule has 2 aromatic rings. The molecule has 0 saturated heterocycles. The number of ketones is 1. The van der Waals surface area contributed by atoms with Gasteiger partial charge in [-0.25, -0.2) is 4.98 Å². The van der Waals surface area contributed by atoms with Gasteiger partial charge in [0.1, 0.15) is 11.4 Å². The third kappa shape index (κ3) is 2.51. The predicted molar refractivity (Wildman–Crippen MR) is 75.5 cm³/mol. The van der Waals surface area contributed by atoms with Gasteiger partial charge in [-0.15, -0.1) is 11.3 Å². The monoisotopic (exact) mass is 293 g/mol. The smallest absolute Gasteiger partial charge is 0.186 e. The lowest BCUT2D eigenvalue weighted by atomic mass is 10.0. The van der Waals surface area contributed by atoms with Gasteiger partial charge in [0, 0.05) is 28.8 Å². The number of aromatic nitrogens is 1. The van der Waals surface area contributed by atoms with Gasteiger partial charge in [-0.3, -0.25) is 4.79 Å². The third-order valence-corrected chi connectivity index (χ3v) is 4.07. The summed E-state index contributed by atoms with van der Waals surface area (Å²) >= 11 is 7.56. The van der Waals surface area contributed by atoms with E-state index in [1.807, 2.05) is 19.1 Å². The molecule has 3 rings (SSSR count). The normalized spacial score (nSPS) is 13.2. The molecule has 0 aliphatic carbocycles. The number of ether oxygens (including phenoxy) is 1. The van der Waals surface area contributed by atoms with Crippen LogP contribution in [0.5, 0.6) is 5.75 Å². The van der Waals surface area contributed by atoms with Crippen LogP contribution in [0.4, 0.5) is 0 Å². The Morgan fingerprint density at radius 3 is 3.11 bits per heavy atom. The third-order valence-electron chi connectivity index (χ3n) is 3.08. The molecule has 0 N–H and O–H groups in total. The molecule has 98 valence electrons. The molecule has 0 atom stereocenters. The first-order valence-electron chi connectivity index (χ1n) is 6.03. The van der Waals surface area contributed by atoms with E-state index in [0.717, 1.165) is 28.3 Å². The van der Waals surface area contributed by atoms with Crippen LogP contribution in [-0.2, 0) is 12.8 Å². The maximum absolute atomic E-state index is 12.2. The highest BCUT2D eigenvalue weighted by Crippen LogP contribution is 2.33. The molecule has 0 unspecified atom stereocenters. The maximum Gasteiger partial charge on any atom is 0.186 e. The van der Waals surface area contributed by atoms with E-state index in [2.05, 4.69) is 4.98 Å². The number of rotatable bonds is 3. The first kappa shape index (κ1) is 12.6. The lowest BCUT2D eigenvalue weighted by molar-refractivity contribution is 0.0988. The van der Waals surface area contributed by atoms with Gasteiger partial charge < -0.3 is 4.74 Å². The molecule has 0 spiro atoms. The zero-order chi connectivity index (χ0) is 13.4. The molecule has 2 heterocycles. The summed E-state index contributed by atoms with van der Waals surface area (Å²) in [6.45, 7) is 2.55. The van der Waals surface area contributed by atoms with Gasteiger partial charge in [-0.05, 0) is 24.6 Å². The van der Waals surface area contributed by atoms with Gasteiger partial charge in [0.2, 0.25) is 0 Å². The first-order chi connectivity index (χ1) is 9.13. The lowest BCUT2D eigenvalue weighted by Crippen LogP contribution is -2.05. The minimum Gasteiger partial charge on any atom is -0.493 e. The zero-order valence-electron chi connectivity index (χ0n) is 10.4. The van der Waals surface area contributed by atoms with Crippen LogP contribution < -0.4 is 4.74 Å². The Morgan fingerprint density at radius 2 is 2.37 bits per heavy atom. The number of carbonyl (C=O) groups excluding carboxylic acids is 1. The van der Waals surface area contributed by atoms with E-state index in [1.165, 1.54) is 11.3 Å². The van der Waals surface area contributed by atoms with Crippen molar-refractivity contribution in [3.05, 3.63) is 44.4 Å². The van der Waals surface area contributed by atoms with E-state index in [0.29, 0.717) is 17.3 Å². The second kappa shape index (κ2) is 4.94. The van der Waals surface area contributed by atoms with Crippen LogP contribution in [0.25, 0.3) is 0 Å². The zero-order valence-corrected chi connectivity index (χ0v) is 12.0. The number of hydrogen-bond acceptors (Lipinski definition) is 4. The summed E-state index contributed by atoms with van der Waals surface area (Å²) in [5.74, 6) is 0.828. The van der Waals surface area contributed by atoms with Crippen LogP contribution in [0.1, 0.15) is 26.6 Å². The Labute approximate surface area is 120 Å². The Balaban J connectivity index is 1.90. The van der Waals surface area contributed by atoms with Gasteiger partial charge >= 0.3 is 0 Å². The minimum absolute atomic E-state index is 0.00400. The average Bonchev–Trinajstić information content (AvgIpc) is 2.97. The van der Waals surface area contributed by atoms with Crippen molar-refractivity contribution in [2.45, 2.75) is 19.8 Å². The van der Waals surface area contributed by atoms with Crippen molar-refractivity contribution in [2.24, 2.45) is 0 Å². The van der Waals surface area contributed by atoms with Gasteiger partial charge in [0.25, 0.3) is 0 Å². The molecule has 5 heteroatoms. The van der Waals surface area contributed by atoms with Crippen molar-refractivity contribution in [3.63, 3.8) is 0 Å². The van der Waals surface area contributed by atoms with E-state index in [9.17, 15) is 4.79 Å². The van der Waals surface area contributed by atoms with Gasteiger partial charge in [0.05, 0.1) is 11.6 Å². The van der Waals surface area contributed by atoms with E-state index in [-0.39, 0.29) is 12.2 Å². The Kier molecular flexibility index (Phi) is 3.29. The number of aryl methyl sites for hydroxylation is 1. The first-order valence-corrected chi connectivity index (χ1v) is 7.28. The average molecular weight is 294 g/mol. The topological polar surface area (TPSA) is 39.2 Å². The van der Waals surface area contributed by atoms with Crippen molar-refractivity contribution in [2.75, 3.05) is 6.61 Å². The Hall–Kier alpha value is -1.39. The van der Waals surface area contributed by atoms with E-state index in [4.69, 9.17) is 16.3 Å². The standard InChI is InChI=1S/C14H12ClNO2S/c1-8-16-12(7-19-8)13(17)6-10-5-11(15)4-9-2-3-18-14(9)10/h4-5,7H,2-3,6H2,1H3. The van der Waals surface area contributed by atoms with Crippen LogP contribution in [-0.4, -0.2) is 17.4 Å². The van der Waals surface area contributed by atoms with Gasteiger partial charge in [-0.1, -0.05) is 11.6 Å². The summed E-state index contributed by atoms with van der Waals surface area (Å²) in [5, 5.41) is 3.35. The molecule has 0 saturated carbocycles. The van der Waals surface area contributed by atoms with E-state index < -0.39 is 0 Å². The lowest BCUT2D eigenvalue weighted by Gasteiger charge is -2.07. The molecule has 0 bridgehead atoms. The second-order valence-electron chi connectivity index (χ2n) is 4.50. The molecule has 19 heavy (non-hydrogen) atoms. The number of nitrogens with zero attached hydrogens (tertiary/aromatic N) is 1. The molecule has 0 fully saturated rings. The number of hydrogen-bond donors (Lipinski definition) is 0. The van der Waals surface area contributed by atoms with Crippen LogP contribution in [0.2, 0.25) is 5.02 Å². The van der Waals surface area contributed by atoms with E-state index in [1.54, 1.807) is 5.38 Å². The van der Waals surface area contributed by atoms with Crippen molar-refractivity contribution >= 4 is 28.7 Å². The molecular formula is C14H12ClNO2S. The second-order valence-corrected chi connectivity index (χ2v) is 6.00. The van der Waals surface area contributed by atoms with Crippen molar-refractivity contribution in [1.29, 1.82) is 0 Å².